The molecule has 0 radical (unpaired) electrons. The summed E-state index contributed by atoms with van der Waals surface area (Å²) in [5.74, 6) is 5.77. The lowest BCUT2D eigenvalue weighted by Crippen LogP contribution is -2.05. The smallest absolute Gasteiger partial charge is 0.251 e. The summed E-state index contributed by atoms with van der Waals surface area (Å²) in [5, 5.41) is 9.63. The normalized spacial score (nSPS) is 10.3. The van der Waals surface area contributed by atoms with E-state index in [-0.39, 0.29) is 5.56 Å². The monoisotopic (exact) mass is 256 g/mol. The molecule has 9 heteroatoms. The minimum absolute atomic E-state index is 0.168. The molecular formula is C7H8N6OS2. The number of hydrazine groups is 1. The Morgan fingerprint density at radius 1 is 1.56 bits per heavy atom. The zero-order valence-corrected chi connectivity index (χ0v) is 9.64. The highest BCUT2D eigenvalue weighted by Crippen LogP contribution is 2.22. The molecule has 7 nitrogen and oxygen atoms in total. The zero-order chi connectivity index (χ0) is 11.4. The van der Waals surface area contributed by atoms with Crippen molar-refractivity contribution in [2.45, 2.75) is 10.9 Å². The van der Waals surface area contributed by atoms with Gasteiger partial charge in [0.25, 0.3) is 5.56 Å². The standard InChI is InChI=1S/C7H8N6OS2/c8-11-7-13-12-5(16-7)3-15-6-9-2-1-4(14)10-6/h1-2H,3,8H2,(H,11,13)(H,9,10,14). The number of thioether (sulfide) groups is 1. The van der Waals surface area contributed by atoms with Crippen molar-refractivity contribution >= 4 is 28.2 Å². The molecular weight excluding hydrogens is 248 g/mol. The third-order valence-corrected chi connectivity index (χ3v) is 3.51. The van der Waals surface area contributed by atoms with Crippen LogP contribution in [0.25, 0.3) is 0 Å². The molecule has 0 aliphatic rings. The van der Waals surface area contributed by atoms with Gasteiger partial charge >= 0.3 is 0 Å². The van der Waals surface area contributed by atoms with Gasteiger partial charge in [0.15, 0.2) is 5.16 Å². The molecule has 0 spiro atoms. The van der Waals surface area contributed by atoms with Gasteiger partial charge in [-0.25, -0.2) is 10.8 Å². The molecule has 0 fully saturated rings. The number of H-pyrrole nitrogens is 1. The lowest BCUT2D eigenvalue weighted by molar-refractivity contribution is 0.934. The van der Waals surface area contributed by atoms with E-state index >= 15 is 0 Å². The zero-order valence-electron chi connectivity index (χ0n) is 8.01. The van der Waals surface area contributed by atoms with Gasteiger partial charge in [0, 0.05) is 12.3 Å². The highest BCUT2D eigenvalue weighted by Gasteiger charge is 2.04. The first-order valence-corrected chi connectivity index (χ1v) is 6.05. The molecule has 4 N–H and O–H groups in total. The summed E-state index contributed by atoms with van der Waals surface area (Å²) in [6.45, 7) is 0. The van der Waals surface area contributed by atoms with Gasteiger partial charge in [-0.05, 0) is 0 Å². The fourth-order valence-electron chi connectivity index (χ4n) is 0.926. The second kappa shape index (κ2) is 5.05. The predicted octanol–water partition coefficient (Wildman–Crippen LogP) is 0.199. The second-order valence-corrected chi connectivity index (χ2v) is 4.70. The Hall–Kier alpha value is -1.45. The number of nitrogens with one attached hydrogen (secondary N) is 2. The Balaban J connectivity index is 1.99. The van der Waals surface area contributed by atoms with Crippen LogP contribution < -0.4 is 16.8 Å². The first kappa shape index (κ1) is 11.0. The molecule has 2 heterocycles. The van der Waals surface area contributed by atoms with Crippen molar-refractivity contribution < 1.29 is 0 Å². The summed E-state index contributed by atoms with van der Waals surface area (Å²) in [5.41, 5.74) is 2.25. The average Bonchev–Trinajstić information content (AvgIpc) is 2.74. The Labute approximate surface area is 98.5 Å². The number of aromatic nitrogens is 4. The van der Waals surface area contributed by atoms with Gasteiger partial charge < -0.3 is 4.98 Å². The molecule has 0 aliphatic carbocycles. The molecule has 2 rings (SSSR count). The summed E-state index contributed by atoms with van der Waals surface area (Å²) in [6.07, 6.45) is 1.47. The fraction of sp³-hybridized carbons (Fsp3) is 0.143. The van der Waals surface area contributed by atoms with E-state index in [1.54, 1.807) is 0 Å². The van der Waals surface area contributed by atoms with Crippen LogP contribution in [0.5, 0.6) is 0 Å². The Morgan fingerprint density at radius 2 is 2.44 bits per heavy atom. The van der Waals surface area contributed by atoms with Crippen LogP contribution in [0, 0.1) is 0 Å². The lowest BCUT2D eigenvalue weighted by Gasteiger charge is -1.95. The number of aromatic amines is 1. The molecule has 2 aromatic rings. The van der Waals surface area contributed by atoms with Gasteiger partial charge in [0.1, 0.15) is 5.01 Å². The van der Waals surface area contributed by atoms with Crippen LogP contribution in [0.3, 0.4) is 0 Å². The van der Waals surface area contributed by atoms with Gasteiger partial charge in [0.2, 0.25) is 5.13 Å². The summed E-state index contributed by atoms with van der Waals surface area (Å²) >= 11 is 2.74. The van der Waals surface area contributed by atoms with Crippen molar-refractivity contribution in [1.82, 2.24) is 20.2 Å². The molecule has 16 heavy (non-hydrogen) atoms. The van der Waals surface area contributed by atoms with Crippen molar-refractivity contribution in [1.29, 1.82) is 0 Å². The van der Waals surface area contributed by atoms with E-state index in [1.165, 1.54) is 35.4 Å². The minimum atomic E-state index is -0.168. The Morgan fingerprint density at radius 3 is 3.12 bits per heavy atom. The highest BCUT2D eigenvalue weighted by atomic mass is 32.2. The molecule has 0 saturated heterocycles. The highest BCUT2D eigenvalue weighted by molar-refractivity contribution is 7.98. The maximum absolute atomic E-state index is 11.0. The van der Waals surface area contributed by atoms with Crippen molar-refractivity contribution in [3.63, 3.8) is 0 Å². The third kappa shape index (κ3) is 2.78. The fourth-order valence-corrected chi connectivity index (χ4v) is 2.41. The molecule has 0 aliphatic heterocycles. The van der Waals surface area contributed by atoms with E-state index in [4.69, 9.17) is 5.84 Å². The minimum Gasteiger partial charge on any atom is -0.301 e. The Kier molecular flexibility index (Phi) is 3.49. The first-order valence-electron chi connectivity index (χ1n) is 4.25. The van der Waals surface area contributed by atoms with Crippen LogP contribution in [-0.2, 0) is 5.75 Å². The van der Waals surface area contributed by atoms with Crippen LogP contribution in [0.15, 0.2) is 22.2 Å². The number of nitrogens with zero attached hydrogens (tertiary/aromatic N) is 3. The van der Waals surface area contributed by atoms with E-state index in [9.17, 15) is 4.79 Å². The van der Waals surface area contributed by atoms with E-state index in [2.05, 4.69) is 25.6 Å². The topological polar surface area (TPSA) is 110 Å². The van der Waals surface area contributed by atoms with Crippen LogP contribution in [0.2, 0.25) is 0 Å². The summed E-state index contributed by atoms with van der Waals surface area (Å²) in [6, 6.07) is 1.37. The van der Waals surface area contributed by atoms with Crippen LogP contribution in [0.4, 0.5) is 5.13 Å². The molecule has 0 aromatic carbocycles. The maximum atomic E-state index is 11.0. The molecule has 0 bridgehead atoms. The Bertz CT molecular complexity index is 523. The van der Waals surface area contributed by atoms with Gasteiger partial charge in [0.05, 0.1) is 5.75 Å². The van der Waals surface area contributed by atoms with Crippen molar-refractivity contribution in [2.75, 3.05) is 5.43 Å². The maximum Gasteiger partial charge on any atom is 0.251 e. The second-order valence-electron chi connectivity index (χ2n) is 2.67. The average molecular weight is 256 g/mol. The van der Waals surface area contributed by atoms with E-state index in [0.29, 0.717) is 16.0 Å². The van der Waals surface area contributed by atoms with E-state index < -0.39 is 0 Å². The summed E-state index contributed by atoms with van der Waals surface area (Å²) in [4.78, 5) is 17.6. The number of hydrogen-bond donors (Lipinski definition) is 3. The quantitative estimate of drug-likeness (QED) is 0.310. The number of nitrogen functional groups attached to an aromatic ring is 1. The molecule has 0 amide bonds. The van der Waals surface area contributed by atoms with E-state index in [1.807, 2.05) is 0 Å². The van der Waals surface area contributed by atoms with Crippen LogP contribution >= 0.6 is 23.1 Å². The van der Waals surface area contributed by atoms with Gasteiger partial charge in [-0.3, -0.25) is 10.2 Å². The SMILES string of the molecule is NNc1nnc(CSc2nccc(=O)[nH]2)s1. The molecule has 0 unspecified atom stereocenters. The molecule has 0 atom stereocenters. The van der Waals surface area contributed by atoms with Gasteiger partial charge in [-0.15, -0.1) is 10.2 Å². The molecule has 2 aromatic heterocycles. The number of rotatable bonds is 4. The number of nitrogens with two attached hydrogens (primary N) is 1. The third-order valence-electron chi connectivity index (χ3n) is 1.57. The summed E-state index contributed by atoms with van der Waals surface area (Å²) in [7, 11) is 0. The van der Waals surface area contributed by atoms with Gasteiger partial charge in [-0.1, -0.05) is 23.1 Å². The molecule has 0 saturated carbocycles. The summed E-state index contributed by atoms with van der Waals surface area (Å²) < 4.78 is 0. The first-order chi connectivity index (χ1) is 7.78. The largest absolute Gasteiger partial charge is 0.301 e. The van der Waals surface area contributed by atoms with Crippen LogP contribution in [-0.4, -0.2) is 20.2 Å². The van der Waals surface area contributed by atoms with Gasteiger partial charge in [-0.2, -0.15) is 0 Å². The van der Waals surface area contributed by atoms with Crippen molar-refractivity contribution in [2.24, 2.45) is 5.84 Å². The number of anilines is 1. The molecule has 84 valence electrons. The van der Waals surface area contributed by atoms with Crippen LogP contribution in [0.1, 0.15) is 5.01 Å². The van der Waals surface area contributed by atoms with Crippen molar-refractivity contribution in [3.05, 3.63) is 27.6 Å². The number of hydrogen-bond acceptors (Lipinski definition) is 8. The predicted molar refractivity (Wildman–Crippen MR) is 62.1 cm³/mol. The lowest BCUT2D eigenvalue weighted by atomic mass is 10.7. The van der Waals surface area contributed by atoms with Crippen molar-refractivity contribution in [3.8, 4) is 0 Å². The van der Waals surface area contributed by atoms with E-state index in [0.717, 1.165) is 5.01 Å².